The molecule has 0 radical (unpaired) electrons. The van der Waals surface area contributed by atoms with Gasteiger partial charge in [-0.15, -0.1) is 0 Å². The van der Waals surface area contributed by atoms with Crippen molar-refractivity contribution < 1.29 is 4.42 Å². The van der Waals surface area contributed by atoms with Crippen molar-refractivity contribution in [2.24, 2.45) is 0 Å². The summed E-state index contributed by atoms with van der Waals surface area (Å²) < 4.78 is 7.30. The maximum absolute atomic E-state index is 7.30. The SMILES string of the molecule is c1ccc(N(c2cccc3c2-c2ccccc2C32c3ccccc3-c3ccccc32)c2cccc3c2oc2cc(C4(c5ccccc5)c5ccccc5-c5ccccc54)ccc23)cc1. The van der Waals surface area contributed by atoms with E-state index in [1.165, 1.54) is 77.9 Å². The van der Waals surface area contributed by atoms with Crippen LogP contribution in [0.3, 0.4) is 0 Å². The highest BCUT2D eigenvalue weighted by Crippen LogP contribution is 2.65. The molecule has 3 aliphatic carbocycles. The largest absolute Gasteiger partial charge is 0.454 e. The summed E-state index contributed by atoms with van der Waals surface area (Å²) in [5.41, 5.74) is 21.9. The Morgan fingerprint density at radius 3 is 1.39 bits per heavy atom. The molecule has 298 valence electrons. The quantitative estimate of drug-likeness (QED) is 0.172. The molecule has 2 heteroatoms. The van der Waals surface area contributed by atoms with E-state index in [0.717, 1.165) is 39.0 Å². The number of benzene rings is 10. The Morgan fingerprint density at radius 1 is 0.312 bits per heavy atom. The standard InChI is InChI=1S/C62H39NO/c1-3-19-40(20-4-1)61(50-29-12-7-23-43(50)44-24-8-13-30-51(44)61)41-37-38-47-48-28-17-36-57(60(48)64-58(47)39-41)63(42-21-5-2-6-22-42)56-35-18-34-55-59(56)49-27-11-16-33-54(49)62(55)52-31-14-9-25-45(52)46-26-10-15-32-53(46)62/h1-39H. The average molecular weight is 814 g/mol. The van der Waals surface area contributed by atoms with Crippen LogP contribution in [0.5, 0.6) is 0 Å². The van der Waals surface area contributed by atoms with Crippen LogP contribution in [0.25, 0.3) is 55.3 Å². The molecule has 1 spiro atoms. The predicted octanol–water partition coefficient (Wildman–Crippen LogP) is 15.8. The number of rotatable bonds is 5. The van der Waals surface area contributed by atoms with Crippen LogP contribution in [0, 0.1) is 0 Å². The molecule has 0 aliphatic heterocycles. The van der Waals surface area contributed by atoms with Crippen molar-refractivity contribution in [2.45, 2.75) is 10.8 Å². The first-order valence-electron chi connectivity index (χ1n) is 22.3. The van der Waals surface area contributed by atoms with Crippen molar-refractivity contribution in [2.75, 3.05) is 4.90 Å². The second kappa shape index (κ2) is 13.2. The van der Waals surface area contributed by atoms with Gasteiger partial charge in [0.25, 0.3) is 0 Å². The van der Waals surface area contributed by atoms with E-state index in [4.69, 9.17) is 4.42 Å². The van der Waals surface area contributed by atoms with Crippen LogP contribution in [-0.4, -0.2) is 0 Å². The molecule has 11 aromatic rings. The number of nitrogens with zero attached hydrogens (tertiary/aromatic N) is 1. The number of hydrogen-bond acceptors (Lipinski definition) is 2. The van der Waals surface area contributed by atoms with Gasteiger partial charge in [-0.1, -0.05) is 206 Å². The van der Waals surface area contributed by atoms with Crippen molar-refractivity contribution in [1.82, 2.24) is 0 Å². The number of furan rings is 1. The van der Waals surface area contributed by atoms with E-state index in [9.17, 15) is 0 Å². The van der Waals surface area contributed by atoms with Gasteiger partial charge in [-0.05, 0) is 103 Å². The molecule has 3 aliphatic rings. The molecule has 0 fully saturated rings. The number of anilines is 3. The van der Waals surface area contributed by atoms with E-state index < -0.39 is 10.8 Å². The molecular weight excluding hydrogens is 775 g/mol. The smallest absolute Gasteiger partial charge is 0.159 e. The van der Waals surface area contributed by atoms with E-state index in [1.807, 2.05) is 0 Å². The minimum Gasteiger partial charge on any atom is -0.454 e. The second-order valence-corrected chi connectivity index (χ2v) is 17.4. The van der Waals surface area contributed by atoms with Gasteiger partial charge in [0.05, 0.1) is 22.2 Å². The summed E-state index contributed by atoms with van der Waals surface area (Å²) in [7, 11) is 0. The molecule has 1 heterocycles. The molecule has 10 aromatic carbocycles. The molecule has 0 amide bonds. The van der Waals surface area contributed by atoms with Crippen molar-refractivity contribution in [1.29, 1.82) is 0 Å². The van der Waals surface area contributed by atoms with Crippen LogP contribution in [0.2, 0.25) is 0 Å². The lowest BCUT2D eigenvalue weighted by molar-refractivity contribution is 0.666. The third-order valence-electron chi connectivity index (χ3n) is 14.6. The lowest BCUT2D eigenvalue weighted by Crippen LogP contribution is -2.28. The lowest BCUT2D eigenvalue weighted by Gasteiger charge is -2.33. The summed E-state index contributed by atoms with van der Waals surface area (Å²) in [6.07, 6.45) is 0. The van der Waals surface area contributed by atoms with Crippen LogP contribution in [-0.2, 0) is 10.8 Å². The molecule has 0 atom stereocenters. The average Bonchev–Trinajstić information content (AvgIpc) is 4.08. The molecule has 0 unspecified atom stereocenters. The lowest BCUT2D eigenvalue weighted by atomic mass is 9.67. The summed E-state index contributed by atoms with van der Waals surface area (Å²) in [6.45, 7) is 0. The monoisotopic (exact) mass is 813 g/mol. The van der Waals surface area contributed by atoms with Crippen molar-refractivity contribution in [3.05, 3.63) is 281 Å². The maximum atomic E-state index is 7.30. The minimum absolute atomic E-state index is 0.453. The zero-order valence-electron chi connectivity index (χ0n) is 34.9. The van der Waals surface area contributed by atoms with E-state index >= 15 is 0 Å². The molecule has 0 N–H and O–H groups in total. The van der Waals surface area contributed by atoms with Gasteiger partial charge in [-0.3, -0.25) is 0 Å². The van der Waals surface area contributed by atoms with Crippen LogP contribution < -0.4 is 4.90 Å². The van der Waals surface area contributed by atoms with Crippen molar-refractivity contribution >= 4 is 39.0 Å². The fourth-order valence-electron chi connectivity index (χ4n) is 12.2. The first-order valence-corrected chi connectivity index (χ1v) is 22.3. The van der Waals surface area contributed by atoms with Gasteiger partial charge < -0.3 is 9.32 Å². The third-order valence-corrected chi connectivity index (χ3v) is 14.6. The Hall–Kier alpha value is -8.20. The first kappa shape index (κ1) is 35.4. The zero-order valence-corrected chi connectivity index (χ0v) is 34.9. The van der Waals surface area contributed by atoms with E-state index in [-0.39, 0.29) is 0 Å². The molecule has 0 saturated carbocycles. The highest BCUT2D eigenvalue weighted by atomic mass is 16.3. The molecular formula is C62H39NO. The Balaban J connectivity index is 1.02. The van der Waals surface area contributed by atoms with Gasteiger partial charge in [0.2, 0.25) is 0 Å². The molecule has 1 aromatic heterocycles. The highest BCUT2D eigenvalue weighted by molar-refractivity contribution is 6.12. The fourth-order valence-corrected chi connectivity index (χ4v) is 12.2. The molecule has 2 nitrogen and oxygen atoms in total. The fraction of sp³-hybridized carbons (Fsp3) is 0.0323. The number of para-hydroxylation sites is 2. The van der Waals surface area contributed by atoms with Crippen LogP contribution in [0.4, 0.5) is 17.1 Å². The number of fused-ring (bicyclic) bond motifs is 16. The first-order chi connectivity index (χ1) is 31.8. The summed E-state index contributed by atoms with van der Waals surface area (Å²) in [6, 6.07) is 87.2. The Labute approximate surface area is 372 Å². The van der Waals surface area contributed by atoms with E-state index in [2.05, 4.69) is 241 Å². The normalized spacial score (nSPS) is 14.2. The van der Waals surface area contributed by atoms with Crippen LogP contribution in [0.1, 0.15) is 44.5 Å². The summed E-state index contributed by atoms with van der Waals surface area (Å²) in [5, 5.41) is 2.18. The third kappa shape index (κ3) is 4.44. The predicted molar refractivity (Wildman–Crippen MR) is 262 cm³/mol. The van der Waals surface area contributed by atoms with Gasteiger partial charge in [0, 0.05) is 22.0 Å². The van der Waals surface area contributed by atoms with Gasteiger partial charge in [0.15, 0.2) is 5.58 Å². The summed E-state index contributed by atoms with van der Waals surface area (Å²) in [4.78, 5) is 2.43. The molecule has 0 saturated heterocycles. The second-order valence-electron chi connectivity index (χ2n) is 17.4. The van der Waals surface area contributed by atoms with Gasteiger partial charge in [-0.25, -0.2) is 0 Å². The topological polar surface area (TPSA) is 16.4 Å². The van der Waals surface area contributed by atoms with Crippen LogP contribution in [0.15, 0.2) is 241 Å². The number of hydrogen-bond donors (Lipinski definition) is 0. The van der Waals surface area contributed by atoms with Crippen molar-refractivity contribution in [3.8, 4) is 33.4 Å². The van der Waals surface area contributed by atoms with Gasteiger partial charge in [0.1, 0.15) is 5.58 Å². The highest BCUT2D eigenvalue weighted by Gasteiger charge is 2.52. The molecule has 14 rings (SSSR count). The van der Waals surface area contributed by atoms with E-state index in [0.29, 0.717) is 0 Å². The Kier molecular flexibility index (Phi) is 7.28. The van der Waals surface area contributed by atoms with Gasteiger partial charge >= 0.3 is 0 Å². The van der Waals surface area contributed by atoms with Crippen LogP contribution >= 0.6 is 0 Å². The Bertz CT molecular complexity index is 3600. The zero-order chi connectivity index (χ0) is 42.0. The Morgan fingerprint density at radius 2 is 0.781 bits per heavy atom. The van der Waals surface area contributed by atoms with Gasteiger partial charge in [-0.2, -0.15) is 0 Å². The summed E-state index contributed by atoms with van der Waals surface area (Å²) in [5.74, 6) is 0. The van der Waals surface area contributed by atoms with E-state index in [1.54, 1.807) is 0 Å². The molecule has 0 bridgehead atoms. The summed E-state index contributed by atoms with van der Waals surface area (Å²) >= 11 is 0. The molecule has 64 heavy (non-hydrogen) atoms. The maximum Gasteiger partial charge on any atom is 0.159 e. The minimum atomic E-state index is -0.522. The van der Waals surface area contributed by atoms with Crippen molar-refractivity contribution in [3.63, 3.8) is 0 Å².